The molecule has 0 spiro atoms. The molecule has 0 radical (unpaired) electrons. The molecule has 1 aliphatic carbocycles. The molecule has 4 rings (SSSR count). The summed E-state index contributed by atoms with van der Waals surface area (Å²) in [7, 11) is 0. The van der Waals surface area contributed by atoms with Gasteiger partial charge in [-0.2, -0.15) is 5.26 Å². The number of esters is 1. The van der Waals surface area contributed by atoms with Gasteiger partial charge in [0, 0.05) is 37.0 Å². The van der Waals surface area contributed by atoms with Gasteiger partial charge in [-0.1, -0.05) is 12.8 Å². The van der Waals surface area contributed by atoms with E-state index >= 15 is 0 Å². The number of non-ortho nitro benzene ring substituents is 1. The Morgan fingerprint density at radius 3 is 2.51 bits per heavy atom. The van der Waals surface area contributed by atoms with Gasteiger partial charge < -0.3 is 19.5 Å². The molecule has 1 aromatic carbocycles. The summed E-state index contributed by atoms with van der Waals surface area (Å²) in [4.78, 5) is 38.4. The Morgan fingerprint density at radius 1 is 1.20 bits per heavy atom. The minimum absolute atomic E-state index is 0.0626. The maximum Gasteiger partial charge on any atom is 0.341 e. The van der Waals surface area contributed by atoms with E-state index < -0.39 is 23.4 Å². The van der Waals surface area contributed by atoms with Crippen LogP contribution >= 0.6 is 0 Å². The van der Waals surface area contributed by atoms with Crippen molar-refractivity contribution in [3.05, 3.63) is 50.7 Å². The van der Waals surface area contributed by atoms with Crippen molar-refractivity contribution in [1.82, 2.24) is 4.57 Å². The van der Waals surface area contributed by atoms with Crippen LogP contribution in [0.25, 0.3) is 0 Å². The Kier molecular flexibility index (Phi) is 7.05. The molecule has 0 bridgehead atoms. The summed E-state index contributed by atoms with van der Waals surface area (Å²) in [6.45, 7) is 4.71. The van der Waals surface area contributed by atoms with E-state index in [1.165, 1.54) is 12.1 Å². The highest BCUT2D eigenvalue weighted by molar-refractivity contribution is 5.99. The summed E-state index contributed by atoms with van der Waals surface area (Å²) >= 11 is 0. The molecule has 2 heterocycles. The second-order valence-corrected chi connectivity index (χ2v) is 9.13. The van der Waals surface area contributed by atoms with Gasteiger partial charge in [0.15, 0.2) is 6.61 Å². The van der Waals surface area contributed by atoms with Crippen LogP contribution in [0.3, 0.4) is 0 Å². The van der Waals surface area contributed by atoms with Crippen molar-refractivity contribution in [3.8, 4) is 6.07 Å². The number of hydrogen-bond donors (Lipinski definition) is 1. The lowest BCUT2D eigenvalue weighted by molar-refractivity contribution is -0.384. The topological polar surface area (TPSA) is 130 Å². The largest absolute Gasteiger partial charge is 0.452 e. The van der Waals surface area contributed by atoms with Gasteiger partial charge in [0.05, 0.1) is 21.7 Å². The van der Waals surface area contributed by atoms with Gasteiger partial charge >= 0.3 is 5.97 Å². The molecule has 1 saturated heterocycles. The van der Waals surface area contributed by atoms with E-state index in [4.69, 9.17) is 4.74 Å². The Hall–Kier alpha value is -3.87. The third-order valence-electron chi connectivity index (χ3n) is 7.01. The molecule has 10 heteroatoms. The minimum atomic E-state index is -0.801. The molecule has 1 saturated carbocycles. The molecule has 2 aromatic rings. The van der Waals surface area contributed by atoms with Gasteiger partial charge in [-0.3, -0.25) is 14.9 Å². The molecule has 35 heavy (non-hydrogen) atoms. The van der Waals surface area contributed by atoms with Crippen LogP contribution in [-0.4, -0.2) is 41.1 Å². The molecular weight excluding hydrogens is 450 g/mol. The number of amides is 1. The number of carbonyl (C=O) groups excluding carboxylic acids is 2. The number of nitriles is 1. The van der Waals surface area contributed by atoms with Crippen molar-refractivity contribution >= 4 is 29.1 Å². The lowest BCUT2D eigenvalue weighted by Gasteiger charge is -2.21. The second kappa shape index (κ2) is 10.2. The van der Waals surface area contributed by atoms with Gasteiger partial charge in [0.2, 0.25) is 0 Å². The van der Waals surface area contributed by atoms with Crippen molar-refractivity contribution in [2.75, 3.05) is 29.9 Å². The number of anilines is 2. The summed E-state index contributed by atoms with van der Waals surface area (Å²) in [6.07, 6.45) is 6.07. The first-order valence-electron chi connectivity index (χ1n) is 11.9. The zero-order chi connectivity index (χ0) is 25.1. The van der Waals surface area contributed by atoms with E-state index in [1.54, 1.807) is 6.07 Å². The zero-order valence-corrected chi connectivity index (χ0v) is 20.0. The van der Waals surface area contributed by atoms with E-state index in [-0.39, 0.29) is 17.3 Å². The lowest BCUT2D eigenvalue weighted by Crippen LogP contribution is -2.25. The molecule has 0 unspecified atom stereocenters. The Labute approximate surface area is 203 Å². The van der Waals surface area contributed by atoms with Crippen LogP contribution in [0.2, 0.25) is 0 Å². The molecule has 1 aliphatic heterocycles. The maximum absolute atomic E-state index is 12.9. The van der Waals surface area contributed by atoms with Gasteiger partial charge in [-0.25, -0.2) is 4.79 Å². The lowest BCUT2D eigenvalue weighted by atomic mass is 10.1. The highest BCUT2D eigenvalue weighted by Crippen LogP contribution is 2.37. The predicted molar refractivity (Wildman–Crippen MR) is 130 cm³/mol. The standard InChI is InChI=1S/C25H29N5O5/c1-16-17(2)29(18-7-3-4-8-18)24(21(16)14-26)27-23(31)15-35-25(32)20-13-19(30(33)34)9-10-22(20)28-11-5-6-12-28/h9-10,13,18H,3-8,11-12,15H2,1-2H3,(H,27,31). The van der Waals surface area contributed by atoms with Gasteiger partial charge in [-0.15, -0.1) is 0 Å². The van der Waals surface area contributed by atoms with Crippen LogP contribution in [0.15, 0.2) is 18.2 Å². The summed E-state index contributed by atoms with van der Waals surface area (Å²) in [6, 6.07) is 6.51. The van der Waals surface area contributed by atoms with E-state index in [9.17, 15) is 25.0 Å². The van der Waals surface area contributed by atoms with Crippen molar-refractivity contribution in [2.24, 2.45) is 0 Å². The number of carbonyl (C=O) groups is 2. The van der Waals surface area contributed by atoms with Gasteiger partial charge in [-0.05, 0) is 51.2 Å². The van der Waals surface area contributed by atoms with E-state index in [1.807, 2.05) is 23.3 Å². The smallest absolute Gasteiger partial charge is 0.341 e. The fraction of sp³-hybridized carbons (Fsp3) is 0.480. The van der Waals surface area contributed by atoms with Crippen molar-refractivity contribution in [1.29, 1.82) is 5.26 Å². The molecule has 1 N–H and O–H groups in total. The third kappa shape index (κ3) is 4.85. The molecule has 2 aliphatic rings. The quantitative estimate of drug-likeness (QED) is 0.354. The summed E-state index contributed by atoms with van der Waals surface area (Å²) in [5, 5.41) is 23.7. The highest BCUT2D eigenvalue weighted by atomic mass is 16.6. The fourth-order valence-electron chi connectivity index (χ4n) is 5.12. The Morgan fingerprint density at radius 2 is 1.89 bits per heavy atom. The number of nitro groups is 1. The van der Waals surface area contributed by atoms with E-state index in [2.05, 4.69) is 11.4 Å². The molecule has 10 nitrogen and oxygen atoms in total. The number of benzene rings is 1. The fourth-order valence-corrected chi connectivity index (χ4v) is 5.12. The second-order valence-electron chi connectivity index (χ2n) is 9.13. The summed E-state index contributed by atoms with van der Waals surface area (Å²) in [5.41, 5.74) is 2.57. The zero-order valence-electron chi connectivity index (χ0n) is 20.0. The molecule has 2 fully saturated rings. The molecule has 1 amide bonds. The predicted octanol–water partition coefficient (Wildman–Crippen LogP) is 4.40. The average Bonchev–Trinajstić information content (AvgIpc) is 3.60. The van der Waals surface area contributed by atoms with Crippen molar-refractivity contribution < 1.29 is 19.2 Å². The number of rotatable bonds is 7. The van der Waals surface area contributed by atoms with E-state index in [0.717, 1.165) is 62.9 Å². The van der Waals surface area contributed by atoms with Crippen LogP contribution in [0, 0.1) is 35.3 Å². The Bertz CT molecular complexity index is 1200. The number of aromatic nitrogens is 1. The van der Waals surface area contributed by atoms with Crippen LogP contribution in [-0.2, 0) is 9.53 Å². The molecule has 184 valence electrons. The first-order valence-corrected chi connectivity index (χ1v) is 11.9. The first kappa shape index (κ1) is 24.3. The Balaban J connectivity index is 1.52. The molecular formula is C25H29N5O5. The SMILES string of the molecule is Cc1c(C#N)c(NC(=O)COC(=O)c2cc([N+](=O)[O-])ccc2N2CCCC2)n(C2CCCC2)c1C. The third-order valence-corrected chi connectivity index (χ3v) is 7.01. The minimum Gasteiger partial charge on any atom is -0.452 e. The van der Waals surface area contributed by atoms with Crippen LogP contribution < -0.4 is 10.2 Å². The number of nitrogens with one attached hydrogen (secondary N) is 1. The molecule has 1 aromatic heterocycles. The number of nitrogens with zero attached hydrogens (tertiary/aromatic N) is 4. The maximum atomic E-state index is 12.9. The summed E-state index contributed by atoms with van der Waals surface area (Å²) < 4.78 is 7.30. The van der Waals surface area contributed by atoms with Crippen LogP contribution in [0.1, 0.15) is 71.7 Å². The van der Waals surface area contributed by atoms with Crippen molar-refractivity contribution in [3.63, 3.8) is 0 Å². The normalized spacial score (nSPS) is 15.7. The van der Waals surface area contributed by atoms with Gasteiger partial charge in [0.1, 0.15) is 11.9 Å². The summed E-state index contributed by atoms with van der Waals surface area (Å²) in [5.74, 6) is -0.937. The highest BCUT2D eigenvalue weighted by Gasteiger charge is 2.28. The van der Waals surface area contributed by atoms with Gasteiger partial charge in [0.25, 0.3) is 11.6 Å². The number of ether oxygens (including phenoxy) is 1. The number of hydrogen-bond acceptors (Lipinski definition) is 7. The number of nitro benzene ring substituents is 1. The van der Waals surface area contributed by atoms with Crippen LogP contribution in [0.5, 0.6) is 0 Å². The van der Waals surface area contributed by atoms with Crippen LogP contribution in [0.4, 0.5) is 17.2 Å². The van der Waals surface area contributed by atoms with Crippen molar-refractivity contribution in [2.45, 2.75) is 58.4 Å². The molecule has 0 atom stereocenters. The monoisotopic (exact) mass is 479 g/mol. The first-order chi connectivity index (χ1) is 16.8. The average molecular weight is 480 g/mol. The van der Waals surface area contributed by atoms with E-state index in [0.29, 0.717) is 17.1 Å².